The molecule has 2 rings (SSSR count). The lowest BCUT2D eigenvalue weighted by Crippen LogP contribution is -2.36. The van der Waals surface area contributed by atoms with E-state index in [-0.39, 0.29) is 24.0 Å². The maximum absolute atomic E-state index is 5.34. The molecule has 0 aliphatic rings. The van der Waals surface area contributed by atoms with Gasteiger partial charge in [-0.15, -0.1) is 35.3 Å². The van der Waals surface area contributed by atoms with Gasteiger partial charge in [0.05, 0.1) is 38.0 Å². The second kappa shape index (κ2) is 11.2. The van der Waals surface area contributed by atoms with Crippen molar-refractivity contribution >= 4 is 41.3 Å². The van der Waals surface area contributed by atoms with Gasteiger partial charge in [-0.1, -0.05) is 6.07 Å². The minimum absolute atomic E-state index is 0. The first-order chi connectivity index (χ1) is 12.1. The highest BCUT2D eigenvalue weighted by molar-refractivity contribution is 14.0. The van der Waals surface area contributed by atoms with E-state index >= 15 is 0 Å². The van der Waals surface area contributed by atoms with E-state index < -0.39 is 0 Å². The van der Waals surface area contributed by atoms with Gasteiger partial charge in [0.1, 0.15) is 0 Å². The van der Waals surface area contributed by atoms with Crippen molar-refractivity contribution in [3.8, 4) is 11.5 Å². The van der Waals surface area contributed by atoms with E-state index in [0.29, 0.717) is 12.3 Å². The second-order valence-corrected chi connectivity index (χ2v) is 6.77. The Morgan fingerprint density at radius 2 is 1.88 bits per heavy atom. The van der Waals surface area contributed by atoms with Gasteiger partial charge in [-0.05, 0) is 38.5 Å². The van der Waals surface area contributed by atoms with Crippen molar-refractivity contribution in [2.75, 3.05) is 20.8 Å². The summed E-state index contributed by atoms with van der Waals surface area (Å²) >= 11 is 1.71. The molecule has 0 saturated heterocycles. The zero-order valence-electron chi connectivity index (χ0n) is 15.9. The van der Waals surface area contributed by atoms with Gasteiger partial charge in [0.25, 0.3) is 0 Å². The van der Waals surface area contributed by atoms with Crippen LogP contribution in [0.2, 0.25) is 0 Å². The molecule has 2 N–H and O–H groups in total. The lowest BCUT2D eigenvalue weighted by atomic mass is 10.2. The second-order valence-electron chi connectivity index (χ2n) is 5.48. The van der Waals surface area contributed by atoms with Gasteiger partial charge in [-0.3, -0.25) is 0 Å². The molecule has 0 aliphatic heterocycles. The van der Waals surface area contributed by atoms with Crippen molar-refractivity contribution in [1.29, 1.82) is 0 Å². The Labute approximate surface area is 176 Å². The number of benzene rings is 1. The average Bonchev–Trinajstić information content (AvgIpc) is 2.94. The number of hydrogen-bond acceptors (Lipinski definition) is 5. The number of guanidine groups is 1. The van der Waals surface area contributed by atoms with Crippen LogP contribution in [-0.2, 0) is 13.1 Å². The van der Waals surface area contributed by atoms with Crippen molar-refractivity contribution in [1.82, 2.24) is 15.6 Å². The van der Waals surface area contributed by atoms with E-state index in [0.717, 1.165) is 41.1 Å². The number of nitrogens with zero attached hydrogens (tertiary/aromatic N) is 2. The van der Waals surface area contributed by atoms with Crippen LogP contribution in [0, 0.1) is 13.8 Å². The summed E-state index contributed by atoms with van der Waals surface area (Å²) in [6.45, 7) is 8.19. The number of aryl methyl sites for hydroxylation is 2. The molecule has 6 nitrogen and oxygen atoms in total. The summed E-state index contributed by atoms with van der Waals surface area (Å²) in [7, 11) is 3.27. The minimum Gasteiger partial charge on any atom is -0.493 e. The van der Waals surface area contributed by atoms with Crippen LogP contribution >= 0.6 is 35.3 Å². The number of hydrogen-bond donors (Lipinski definition) is 2. The van der Waals surface area contributed by atoms with E-state index in [1.54, 1.807) is 25.6 Å². The van der Waals surface area contributed by atoms with Crippen LogP contribution in [0.1, 0.15) is 28.1 Å². The fourth-order valence-corrected chi connectivity index (χ4v) is 3.27. The summed E-state index contributed by atoms with van der Waals surface area (Å²) in [5.41, 5.74) is 2.13. The molecule has 0 bridgehead atoms. The normalized spacial score (nSPS) is 10.9. The van der Waals surface area contributed by atoms with Gasteiger partial charge in [0.2, 0.25) is 0 Å². The maximum atomic E-state index is 5.34. The van der Waals surface area contributed by atoms with Crippen LogP contribution in [0.5, 0.6) is 11.5 Å². The maximum Gasteiger partial charge on any atom is 0.191 e. The number of halogens is 1. The lowest BCUT2D eigenvalue weighted by Gasteiger charge is -2.12. The molecule has 1 aromatic heterocycles. The Morgan fingerprint density at radius 1 is 1.15 bits per heavy atom. The number of aromatic nitrogens is 1. The minimum atomic E-state index is 0. The molecule has 1 aromatic carbocycles. The first kappa shape index (κ1) is 22.5. The Hall–Kier alpha value is -1.55. The first-order valence-electron chi connectivity index (χ1n) is 8.23. The van der Waals surface area contributed by atoms with E-state index in [2.05, 4.69) is 27.5 Å². The van der Waals surface area contributed by atoms with E-state index in [1.165, 1.54) is 4.88 Å². The molecule has 1 heterocycles. The van der Waals surface area contributed by atoms with Gasteiger partial charge >= 0.3 is 0 Å². The third-order valence-electron chi connectivity index (χ3n) is 3.63. The van der Waals surface area contributed by atoms with E-state index in [4.69, 9.17) is 9.47 Å². The number of methoxy groups -OCH3 is 2. The zero-order valence-corrected chi connectivity index (χ0v) is 19.0. The predicted molar refractivity (Wildman–Crippen MR) is 118 cm³/mol. The number of thiazole rings is 1. The Bertz CT molecular complexity index is 734. The van der Waals surface area contributed by atoms with Crippen LogP contribution in [0.25, 0.3) is 0 Å². The SMILES string of the molecule is CCNC(=NCc1ccc(OC)c(OC)c1)NCc1sc(C)nc1C.I. The molecule has 2 aromatic rings. The van der Waals surface area contributed by atoms with Crippen LogP contribution in [0.3, 0.4) is 0 Å². The largest absolute Gasteiger partial charge is 0.493 e. The summed E-state index contributed by atoms with van der Waals surface area (Å²) in [6, 6.07) is 5.83. The quantitative estimate of drug-likeness (QED) is 0.353. The fraction of sp³-hybridized carbons (Fsp3) is 0.444. The van der Waals surface area contributed by atoms with E-state index in [9.17, 15) is 0 Å². The van der Waals surface area contributed by atoms with Gasteiger partial charge in [0.15, 0.2) is 17.5 Å². The molecule has 26 heavy (non-hydrogen) atoms. The topological polar surface area (TPSA) is 67.8 Å². The molecule has 0 saturated carbocycles. The molecule has 8 heteroatoms. The lowest BCUT2D eigenvalue weighted by molar-refractivity contribution is 0.354. The van der Waals surface area contributed by atoms with Gasteiger partial charge in [-0.2, -0.15) is 0 Å². The first-order valence-corrected chi connectivity index (χ1v) is 9.05. The monoisotopic (exact) mass is 490 g/mol. The number of rotatable bonds is 7. The van der Waals surface area contributed by atoms with Crippen LogP contribution in [0.15, 0.2) is 23.2 Å². The van der Waals surface area contributed by atoms with Crippen molar-refractivity contribution < 1.29 is 9.47 Å². The van der Waals surface area contributed by atoms with Crippen molar-refractivity contribution in [2.24, 2.45) is 4.99 Å². The third kappa shape index (κ3) is 6.31. The van der Waals surface area contributed by atoms with Gasteiger partial charge in [0, 0.05) is 11.4 Å². The molecule has 0 unspecified atom stereocenters. The van der Waals surface area contributed by atoms with Crippen molar-refractivity contribution in [3.05, 3.63) is 39.3 Å². The molecular formula is C18H27IN4O2S. The summed E-state index contributed by atoms with van der Waals surface area (Å²) < 4.78 is 10.6. The Balaban J connectivity index is 0.00000338. The van der Waals surface area contributed by atoms with E-state index in [1.807, 2.05) is 32.0 Å². The van der Waals surface area contributed by atoms with Crippen molar-refractivity contribution in [3.63, 3.8) is 0 Å². The molecule has 144 valence electrons. The summed E-state index contributed by atoms with van der Waals surface area (Å²) in [6.07, 6.45) is 0. The standard InChI is InChI=1S/C18H26N4O2S.HI/c1-6-19-18(21-11-17-12(2)22-13(3)25-17)20-10-14-7-8-15(23-4)16(9-14)24-5;/h7-9H,6,10-11H2,1-5H3,(H2,19,20,21);1H. The van der Waals surface area contributed by atoms with Crippen molar-refractivity contribution in [2.45, 2.75) is 33.9 Å². The summed E-state index contributed by atoms with van der Waals surface area (Å²) in [4.78, 5) is 10.3. The predicted octanol–water partition coefficient (Wildman–Crippen LogP) is 3.65. The highest BCUT2D eigenvalue weighted by atomic mass is 127. The molecule has 0 atom stereocenters. The molecule has 0 radical (unpaired) electrons. The number of aliphatic imine (C=N–C) groups is 1. The molecule has 0 spiro atoms. The van der Waals surface area contributed by atoms with Crippen LogP contribution in [-0.4, -0.2) is 31.7 Å². The average molecular weight is 490 g/mol. The number of ether oxygens (including phenoxy) is 2. The molecular weight excluding hydrogens is 463 g/mol. The Morgan fingerprint density at radius 3 is 2.46 bits per heavy atom. The van der Waals surface area contributed by atoms with Crippen LogP contribution < -0.4 is 20.1 Å². The fourth-order valence-electron chi connectivity index (χ4n) is 2.39. The van der Waals surface area contributed by atoms with Gasteiger partial charge in [-0.25, -0.2) is 9.98 Å². The highest BCUT2D eigenvalue weighted by Crippen LogP contribution is 2.27. The third-order valence-corrected chi connectivity index (χ3v) is 4.70. The molecule has 0 fully saturated rings. The summed E-state index contributed by atoms with van der Waals surface area (Å²) in [5, 5.41) is 7.72. The smallest absolute Gasteiger partial charge is 0.191 e. The Kier molecular flexibility index (Phi) is 9.71. The van der Waals surface area contributed by atoms with Crippen LogP contribution in [0.4, 0.5) is 0 Å². The zero-order chi connectivity index (χ0) is 18.2. The van der Waals surface area contributed by atoms with Gasteiger partial charge < -0.3 is 20.1 Å². The number of nitrogens with one attached hydrogen (secondary N) is 2. The molecule has 0 amide bonds. The highest BCUT2D eigenvalue weighted by Gasteiger charge is 2.07. The molecule has 0 aliphatic carbocycles. The summed E-state index contributed by atoms with van der Waals surface area (Å²) in [5.74, 6) is 2.21.